The summed E-state index contributed by atoms with van der Waals surface area (Å²) in [4.78, 5) is 10.7. The van der Waals surface area contributed by atoms with E-state index in [9.17, 15) is 4.79 Å². The lowest BCUT2D eigenvalue weighted by Gasteiger charge is -2.13. The molecule has 0 aromatic heterocycles. The largest absolute Gasteiger partial charge is 0.511 e. The topological polar surface area (TPSA) is 46.5 Å². The second kappa shape index (κ2) is 7.75. The van der Waals surface area contributed by atoms with Crippen LogP contribution in [0, 0.1) is 0 Å². The van der Waals surface area contributed by atoms with E-state index < -0.39 is 6.16 Å². The Balaban J connectivity index is 2.92. The second-order valence-corrected chi connectivity index (χ2v) is 4.47. The van der Waals surface area contributed by atoms with Crippen molar-refractivity contribution >= 4 is 6.16 Å². The Morgan fingerprint density at radius 2 is 1.94 bits per heavy atom. The maximum absolute atomic E-state index is 10.7. The predicted molar refractivity (Wildman–Crippen MR) is 72.3 cm³/mol. The van der Waals surface area contributed by atoms with Crippen LogP contribution >= 0.6 is 0 Å². The molecule has 0 saturated carbocycles. The Labute approximate surface area is 109 Å². The zero-order valence-corrected chi connectivity index (χ0v) is 11.2. The summed E-state index contributed by atoms with van der Waals surface area (Å²) in [5, 5.41) is 8.76. The summed E-state index contributed by atoms with van der Waals surface area (Å²) in [6, 6.07) is 5.68. The van der Waals surface area contributed by atoms with E-state index in [1.165, 1.54) is 5.56 Å². The summed E-state index contributed by atoms with van der Waals surface area (Å²) in [5.74, 6) is 0.504. The molecule has 0 unspecified atom stereocenters. The van der Waals surface area contributed by atoms with Crippen molar-refractivity contribution in [2.45, 2.75) is 52.4 Å². The summed E-state index contributed by atoms with van der Waals surface area (Å²) in [7, 11) is 0. The lowest BCUT2D eigenvalue weighted by molar-refractivity contribution is 0.144. The molecule has 0 aliphatic heterocycles. The van der Waals surface area contributed by atoms with E-state index in [0.29, 0.717) is 5.75 Å². The van der Waals surface area contributed by atoms with Crippen molar-refractivity contribution in [1.29, 1.82) is 0 Å². The number of benzene rings is 1. The molecule has 3 heteroatoms. The molecule has 3 nitrogen and oxygen atoms in total. The van der Waals surface area contributed by atoms with E-state index >= 15 is 0 Å². The lowest BCUT2D eigenvalue weighted by Crippen LogP contribution is -2.07. The Morgan fingerprint density at radius 1 is 1.17 bits per heavy atom. The normalized spacial score (nSPS) is 10.3. The van der Waals surface area contributed by atoms with Crippen molar-refractivity contribution in [2.75, 3.05) is 0 Å². The first-order chi connectivity index (χ1) is 8.69. The minimum atomic E-state index is -1.24. The van der Waals surface area contributed by atoms with Gasteiger partial charge in [-0.1, -0.05) is 45.2 Å². The van der Waals surface area contributed by atoms with Gasteiger partial charge in [0, 0.05) is 0 Å². The summed E-state index contributed by atoms with van der Waals surface area (Å²) < 4.78 is 4.88. The molecule has 0 atom stereocenters. The van der Waals surface area contributed by atoms with Gasteiger partial charge in [0.1, 0.15) is 5.75 Å². The van der Waals surface area contributed by atoms with Crippen LogP contribution in [0.2, 0.25) is 0 Å². The van der Waals surface area contributed by atoms with Crippen molar-refractivity contribution in [1.82, 2.24) is 0 Å². The van der Waals surface area contributed by atoms with Gasteiger partial charge in [-0.3, -0.25) is 0 Å². The Hall–Kier alpha value is -1.51. The quantitative estimate of drug-likeness (QED) is 0.442. The average molecular weight is 250 g/mol. The predicted octanol–water partition coefficient (Wildman–Crippen LogP) is 4.43. The van der Waals surface area contributed by atoms with Crippen LogP contribution in [0.25, 0.3) is 0 Å². The number of hydrogen-bond donors (Lipinski definition) is 1. The molecule has 0 heterocycles. The number of hydrogen-bond acceptors (Lipinski definition) is 2. The first-order valence-corrected chi connectivity index (χ1v) is 6.70. The molecule has 0 amide bonds. The van der Waals surface area contributed by atoms with E-state index in [1.807, 2.05) is 6.07 Å². The number of unbranched alkanes of at least 4 members (excludes halogenated alkanes) is 2. The minimum absolute atomic E-state index is 0.504. The van der Waals surface area contributed by atoms with Crippen LogP contribution < -0.4 is 4.74 Å². The number of rotatable bonds is 7. The summed E-state index contributed by atoms with van der Waals surface area (Å²) in [6.07, 6.45) is 5.08. The first kappa shape index (κ1) is 14.6. The highest BCUT2D eigenvalue weighted by Gasteiger charge is 2.11. The van der Waals surface area contributed by atoms with Gasteiger partial charge in [-0.2, -0.15) is 0 Å². The average Bonchev–Trinajstić information content (AvgIpc) is 2.32. The van der Waals surface area contributed by atoms with Crippen LogP contribution in [0.4, 0.5) is 4.79 Å². The van der Waals surface area contributed by atoms with Gasteiger partial charge in [-0.15, -0.1) is 0 Å². The molecule has 100 valence electrons. The van der Waals surface area contributed by atoms with E-state index in [2.05, 4.69) is 19.9 Å². The van der Waals surface area contributed by atoms with E-state index in [1.54, 1.807) is 6.07 Å². The van der Waals surface area contributed by atoms with Gasteiger partial charge >= 0.3 is 6.16 Å². The van der Waals surface area contributed by atoms with Crippen LogP contribution in [-0.4, -0.2) is 11.3 Å². The molecule has 0 bridgehead atoms. The Morgan fingerprint density at radius 3 is 2.56 bits per heavy atom. The monoisotopic (exact) mass is 250 g/mol. The lowest BCUT2D eigenvalue weighted by atomic mass is 9.97. The van der Waals surface area contributed by atoms with Crippen molar-refractivity contribution in [3.63, 3.8) is 0 Å². The van der Waals surface area contributed by atoms with Crippen molar-refractivity contribution in [3.05, 3.63) is 29.3 Å². The highest BCUT2D eigenvalue weighted by molar-refractivity contribution is 5.62. The van der Waals surface area contributed by atoms with Gasteiger partial charge in [0.2, 0.25) is 0 Å². The van der Waals surface area contributed by atoms with Gasteiger partial charge in [0.15, 0.2) is 0 Å². The van der Waals surface area contributed by atoms with E-state index in [-0.39, 0.29) is 0 Å². The number of ether oxygens (including phenoxy) is 1. The van der Waals surface area contributed by atoms with Gasteiger partial charge < -0.3 is 9.84 Å². The van der Waals surface area contributed by atoms with Crippen LogP contribution in [0.15, 0.2) is 18.2 Å². The summed E-state index contributed by atoms with van der Waals surface area (Å²) in [6.45, 7) is 4.28. The molecule has 1 rings (SSSR count). The van der Waals surface area contributed by atoms with Gasteiger partial charge in [0.25, 0.3) is 0 Å². The molecule has 0 aliphatic carbocycles. The molecule has 18 heavy (non-hydrogen) atoms. The molecular weight excluding hydrogens is 228 g/mol. The van der Waals surface area contributed by atoms with E-state index in [4.69, 9.17) is 9.84 Å². The minimum Gasteiger partial charge on any atom is -0.449 e. The van der Waals surface area contributed by atoms with E-state index in [0.717, 1.165) is 44.1 Å². The Kier molecular flexibility index (Phi) is 6.26. The molecule has 0 spiro atoms. The van der Waals surface area contributed by atoms with Crippen LogP contribution in [-0.2, 0) is 12.8 Å². The fraction of sp³-hybridized carbons (Fsp3) is 0.533. The maximum Gasteiger partial charge on any atom is 0.511 e. The molecule has 1 aromatic rings. The van der Waals surface area contributed by atoms with Gasteiger partial charge in [-0.05, 0) is 36.5 Å². The summed E-state index contributed by atoms with van der Waals surface area (Å²) in [5.41, 5.74) is 2.28. The fourth-order valence-electron chi connectivity index (χ4n) is 2.14. The summed E-state index contributed by atoms with van der Waals surface area (Å²) >= 11 is 0. The number of carbonyl (C=O) groups is 1. The second-order valence-electron chi connectivity index (χ2n) is 4.47. The number of aryl methyl sites for hydroxylation is 1. The first-order valence-electron chi connectivity index (χ1n) is 6.70. The van der Waals surface area contributed by atoms with Crippen LogP contribution in [0.5, 0.6) is 5.75 Å². The van der Waals surface area contributed by atoms with Crippen LogP contribution in [0.3, 0.4) is 0 Å². The van der Waals surface area contributed by atoms with Crippen molar-refractivity contribution in [2.24, 2.45) is 0 Å². The third-order valence-electron chi connectivity index (χ3n) is 2.98. The molecule has 0 saturated heterocycles. The zero-order chi connectivity index (χ0) is 13.4. The molecule has 1 aromatic carbocycles. The zero-order valence-electron chi connectivity index (χ0n) is 11.2. The molecule has 1 N–H and O–H groups in total. The molecule has 0 radical (unpaired) electrons. The highest BCUT2D eigenvalue weighted by atomic mass is 16.7. The smallest absolute Gasteiger partial charge is 0.449 e. The van der Waals surface area contributed by atoms with Crippen molar-refractivity contribution < 1.29 is 14.6 Å². The molecular formula is C15H22O3. The Bertz CT molecular complexity index is 385. The maximum atomic E-state index is 10.7. The van der Waals surface area contributed by atoms with Crippen molar-refractivity contribution in [3.8, 4) is 5.75 Å². The molecule has 0 fully saturated rings. The van der Waals surface area contributed by atoms with Gasteiger partial charge in [-0.25, -0.2) is 4.79 Å². The van der Waals surface area contributed by atoms with Crippen LogP contribution in [0.1, 0.15) is 50.7 Å². The SMILES string of the molecule is CCCCCc1c(CCC)cccc1OC(=O)O. The standard InChI is InChI=1S/C15H22O3/c1-3-5-6-10-13-12(8-4-2)9-7-11-14(13)18-15(16)17/h7,9,11H,3-6,8,10H2,1-2H3,(H,16,17). The van der Waals surface area contributed by atoms with Gasteiger partial charge in [0.05, 0.1) is 0 Å². The highest BCUT2D eigenvalue weighted by Crippen LogP contribution is 2.26. The number of carboxylic acid groups (broad SMARTS) is 1. The molecule has 0 aliphatic rings. The third kappa shape index (κ3) is 4.40. The third-order valence-corrected chi connectivity index (χ3v) is 2.98. The fourth-order valence-corrected chi connectivity index (χ4v) is 2.14.